The van der Waals surface area contributed by atoms with Crippen molar-refractivity contribution in [2.45, 2.75) is 13.3 Å². The van der Waals surface area contributed by atoms with Gasteiger partial charge in [-0.1, -0.05) is 19.1 Å². The van der Waals surface area contributed by atoms with Crippen LogP contribution in [0.15, 0.2) is 55.0 Å². The van der Waals surface area contributed by atoms with Gasteiger partial charge in [-0.2, -0.15) is 0 Å². The van der Waals surface area contributed by atoms with Crippen molar-refractivity contribution in [3.05, 3.63) is 60.7 Å². The number of amides is 1. The van der Waals surface area contributed by atoms with Gasteiger partial charge < -0.3 is 10.6 Å². The first-order chi connectivity index (χ1) is 15.1. The summed E-state index contributed by atoms with van der Waals surface area (Å²) in [5, 5.41) is 10.9. The van der Waals surface area contributed by atoms with Crippen molar-refractivity contribution >= 4 is 17.4 Å². The zero-order valence-electron chi connectivity index (χ0n) is 17.3. The van der Waals surface area contributed by atoms with E-state index in [0.717, 1.165) is 12.0 Å². The summed E-state index contributed by atoms with van der Waals surface area (Å²) in [5.41, 5.74) is 9.91. The number of aromatic nitrogens is 5. The number of nitriles is 1. The standard InChI is InChI=1S/C21H21N7O.CHN/c1-3-11-27(2)21(29)17-9-6-8-15(25-17)14-12-24-20-18(16-7-4-5-10-23-16)19(22)26-28(20)13-14;1-2/h4-10,12-13H,3,11H2,1-2H3,(H2,22,26);1H. The highest BCUT2D eigenvalue weighted by atomic mass is 16.2. The van der Waals surface area contributed by atoms with Gasteiger partial charge in [-0.15, -0.1) is 5.10 Å². The van der Waals surface area contributed by atoms with E-state index in [4.69, 9.17) is 11.0 Å². The highest BCUT2D eigenvalue weighted by molar-refractivity contribution is 5.92. The van der Waals surface area contributed by atoms with Crippen LogP contribution in [0.1, 0.15) is 23.8 Å². The topological polar surface area (TPSA) is 126 Å². The summed E-state index contributed by atoms with van der Waals surface area (Å²) in [5.74, 6) is 0.245. The summed E-state index contributed by atoms with van der Waals surface area (Å²) < 4.78 is 1.62. The molecule has 0 saturated heterocycles. The molecular formula is C22H22N8O. The van der Waals surface area contributed by atoms with Crippen LogP contribution in [0.4, 0.5) is 5.82 Å². The summed E-state index contributed by atoms with van der Waals surface area (Å²) in [6.07, 6.45) is 6.10. The van der Waals surface area contributed by atoms with Crippen LogP contribution >= 0.6 is 0 Å². The van der Waals surface area contributed by atoms with Crippen LogP contribution in [-0.2, 0) is 0 Å². The molecule has 0 radical (unpaired) electrons. The second-order valence-electron chi connectivity index (χ2n) is 6.72. The quantitative estimate of drug-likeness (QED) is 0.532. The van der Waals surface area contributed by atoms with Crippen molar-refractivity contribution in [2.24, 2.45) is 0 Å². The van der Waals surface area contributed by atoms with Crippen LogP contribution in [-0.4, -0.2) is 49.0 Å². The van der Waals surface area contributed by atoms with Crippen molar-refractivity contribution in [2.75, 3.05) is 19.3 Å². The Morgan fingerprint density at radius 3 is 2.65 bits per heavy atom. The van der Waals surface area contributed by atoms with Crippen molar-refractivity contribution in [3.8, 4) is 29.1 Å². The molecular weight excluding hydrogens is 392 g/mol. The molecule has 4 rings (SSSR count). The molecule has 0 atom stereocenters. The second-order valence-corrected chi connectivity index (χ2v) is 6.72. The lowest BCUT2D eigenvalue weighted by molar-refractivity contribution is 0.0789. The molecule has 0 aromatic carbocycles. The predicted octanol–water partition coefficient (Wildman–Crippen LogP) is 3.06. The Balaban J connectivity index is 0.00000132. The van der Waals surface area contributed by atoms with Gasteiger partial charge in [0.1, 0.15) is 5.69 Å². The van der Waals surface area contributed by atoms with Gasteiger partial charge in [0.25, 0.3) is 5.91 Å². The summed E-state index contributed by atoms with van der Waals surface area (Å²) in [7, 11) is 1.78. The van der Waals surface area contributed by atoms with Gasteiger partial charge in [-0.05, 0) is 30.7 Å². The number of nitrogen functional groups attached to an aromatic ring is 1. The molecule has 0 aliphatic carbocycles. The molecule has 1 amide bonds. The maximum atomic E-state index is 12.5. The Kier molecular flexibility index (Phi) is 6.52. The lowest BCUT2D eigenvalue weighted by Gasteiger charge is -2.15. The van der Waals surface area contributed by atoms with Gasteiger partial charge in [0, 0.05) is 44.3 Å². The third kappa shape index (κ3) is 4.33. The van der Waals surface area contributed by atoms with Crippen LogP contribution < -0.4 is 5.73 Å². The molecule has 0 fully saturated rings. The summed E-state index contributed by atoms with van der Waals surface area (Å²) >= 11 is 0. The molecule has 0 aliphatic rings. The van der Waals surface area contributed by atoms with E-state index in [0.29, 0.717) is 40.7 Å². The van der Waals surface area contributed by atoms with Crippen LogP contribution in [0, 0.1) is 11.8 Å². The van der Waals surface area contributed by atoms with Crippen LogP contribution in [0.25, 0.3) is 28.2 Å². The predicted molar refractivity (Wildman–Crippen MR) is 118 cm³/mol. The number of carbonyl (C=O) groups is 1. The van der Waals surface area contributed by atoms with Crippen LogP contribution in [0.5, 0.6) is 0 Å². The van der Waals surface area contributed by atoms with E-state index in [1.165, 1.54) is 0 Å². The average molecular weight is 414 g/mol. The normalized spacial score (nSPS) is 10.3. The largest absolute Gasteiger partial charge is 0.382 e. The molecule has 0 saturated carbocycles. The van der Waals surface area contributed by atoms with Gasteiger partial charge >= 0.3 is 0 Å². The Morgan fingerprint density at radius 1 is 1.16 bits per heavy atom. The van der Waals surface area contributed by atoms with Gasteiger partial charge in [0.05, 0.1) is 17.0 Å². The molecule has 4 heterocycles. The summed E-state index contributed by atoms with van der Waals surface area (Å²) in [4.78, 5) is 27.6. The summed E-state index contributed by atoms with van der Waals surface area (Å²) in [6.45, 7) is 6.21. The fraction of sp³-hybridized carbons (Fsp3) is 0.182. The number of rotatable bonds is 5. The molecule has 156 valence electrons. The maximum Gasteiger partial charge on any atom is 0.272 e. The third-order valence-electron chi connectivity index (χ3n) is 4.59. The average Bonchev–Trinajstić information content (AvgIpc) is 3.15. The van der Waals surface area contributed by atoms with Gasteiger partial charge in [0.2, 0.25) is 0 Å². The first-order valence-electron chi connectivity index (χ1n) is 9.62. The number of nitrogens with two attached hydrogens (primary N) is 1. The molecule has 4 aromatic heterocycles. The Bertz CT molecular complexity index is 1220. The molecule has 0 unspecified atom stereocenters. The fourth-order valence-electron chi connectivity index (χ4n) is 3.19. The van der Waals surface area contributed by atoms with Crippen molar-refractivity contribution in [1.29, 1.82) is 5.26 Å². The highest BCUT2D eigenvalue weighted by Crippen LogP contribution is 2.28. The van der Waals surface area contributed by atoms with Crippen molar-refractivity contribution < 1.29 is 4.79 Å². The maximum absolute atomic E-state index is 12.5. The highest BCUT2D eigenvalue weighted by Gasteiger charge is 2.17. The molecule has 31 heavy (non-hydrogen) atoms. The van der Waals surface area contributed by atoms with Crippen LogP contribution in [0.3, 0.4) is 0 Å². The minimum atomic E-state index is -0.108. The number of hydrogen-bond acceptors (Lipinski definition) is 7. The molecule has 2 N–H and O–H groups in total. The summed E-state index contributed by atoms with van der Waals surface area (Å²) in [6, 6.07) is 11.0. The Hall–Kier alpha value is -4.32. The minimum Gasteiger partial charge on any atom is -0.382 e. The SMILES string of the molecule is C#N.CCCN(C)C(=O)c1cccc(-c2cnc3c(-c4ccccn4)c(N)nn3c2)n1. The van der Waals surface area contributed by atoms with Crippen LogP contribution in [0.2, 0.25) is 0 Å². The number of hydrogen-bond donors (Lipinski definition) is 1. The smallest absolute Gasteiger partial charge is 0.272 e. The number of pyridine rings is 2. The lowest BCUT2D eigenvalue weighted by Crippen LogP contribution is -2.28. The first kappa shape index (κ1) is 21.4. The van der Waals surface area contributed by atoms with E-state index >= 15 is 0 Å². The molecule has 9 nitrogen and oxygen atoms in total. The molecule has 0 aliphatic heterocycles. The third-order valence-corrected chi connectivity index (χ3v) is 4.59. The Labute approximate surface area is 179 Å². The lowest BCUT2D eigenvalue weighted by atomic mass is 10.2. The minimum absolute atomic E-state index is 0.108. The van der Waals surface area contributed by atoms with Gasteiger partial charge in [-0.3, -0.25) is 9.78 Å². The molecule has 4 aromatic rings. The number of nitrogens with zero attached hydrogens (tertiary/aromatic N) is 7. The number of anilines is 1. The molecule has 0 bridgehead atoms. The zero-order valence-corrected chi connectivity index (χ0v) is 17.3. The van der Waals surface area contributed by atoms with Crippen molar-refractivity contribution in [1.82, 2.24) is 29.5 Å². The van der Waals surface area contributed by atoms with Gasteiger partial charge in [0.15, 0.2) is 11.5 Å². The second kappa shape index (κ2) is 9.45. The Morgan fingerprint density at radius 2 is 1.94 bits per heavy atom. The molecule has 0 spiro atoms. The van der Waals surface area contributed by atoms with E-state index < -0.39 is 0 Å². The van der Waals surface area contributed by atoms with E-state index in [1.807, 2.05) is 37.3 Å². The fourth-order valence-corrected chi connectivity index (χ4v) is 3.19. The number of carbonyl (C=O) groups excluding carboxylic acids is 1. The molecule has 9 heteroatoms. The van der Waals surface area contributed by atoms with E-state index in [-0.39, 0.29) is 5.91 Å². The van der Waals surface area contributed by atoms with E-state index in [2.05, 4.69) is 26.6 Å². The first-order valence-corrected chi connectivity index (χ1v) is 9.62. The van der Waals surface area contributed by atoms with E-state index in [1.54, 1.807) is 41.1 Å². The number of fused-ring (bicyclic) bond motifs is 1. The van der Waals surface area contributed by atoms with Crippen molar-refractivity contribution in [3.63, 3.8) is 0 Å². The van der Waals surface area contributed by atoms with E-state index in [9.17, 15) is 4.79 Å². The van der Waals surface area contributed by atoms with Gasteiger partial charge in [-0.25, -0.2) is 19.7 Å². The monoisotopic (exact) mass is 414 g/mol. The zero-order chi connectivity index (χ0) is 22.4.